The first kappa shape index (κ1) is 15.1. The van der Waals surface area contributed by atoms with Gasteiger partial charge in [-0.25, -0.2) is 4.39 Å². The van der Waals surface area contributed by atoms with Crippen molar-refractivity contribution in [1.82, 2.24) is 10.2 Å². The van der Waals surface area contributed by atoms with Crippen molar-refractivity contribution in [2.24, 2.45) is 0 Å². The molecule has 0 bridgehead atoms. The number of carbonyl (C=O) groups excluding carboxylic acids is 1. The standard InChI is InChI=1S/C19H25FN2O/c20-15-4-1-3-14(13-15)19(9-2-10-19)18(23)21-16-7-11-22(12-8-16)17-5-6-17/h1,3-4,13,16-17H,2,5-12H2,(H,21,23). The van der Waals surface area contributed by atoms with E-state index in [1.54, 1.807) is 6.07 Å². The van der Waals surface area contributed by atoms with Crippen LogP contribution in [0.5, 0.6) is 0 Å². The molecular weight excluding hydrogens is 291 g/mol. The van der Waals surface area contributed by atoms with E-state index in [0.29, 0.717) is 0 Å². The fraction of sp³-hybridized carbons (Fsp3) is 0.632. The second kappa shape index (κ2) is 5.90. The smallest absolute Gasteiger partial charge is 0.230 e. The van der Waals surface area contributed by atoms with Crippen LogP contribution in [0.25, 0.3) is 0 Å². The first-order valence-corrected chi connectivity index (χ1v) is 8.98. The Morgan fingerprint density at radius 2 is 1.91 bits per heavy atom. The summed E-state index contributed by atoms with van der Waals surface area (Å²) in [5, 5.41) is 3.27. The van der Waals surface area contributed by atoms with Crippen molar-refractivity contribution in [2.75, 3.05) is 13.1 Å². The second-order valence-corrected chi connectivity index (χ2v) is 7.46. The number of benzene rings is 1. The highest BCUT2D eigenvalue weighted by molar-refractivity contribution is 5.89. The third kappa shape index (κ3) is 2.89. The summed E-state index contributed by atoms with van der Waals surface area (Å²) in [5.74, 6) is -0.140. The highest BCUT2D eigenvalue weighted by Gasteiger charge is 2.46. The Hall–Kier alpha value is -1.42. The van der Waals surface area contributed by atoms with Gasteiger partial charge in [0, 0.05) is 25.2 Å². The maximum atomic E-state index is 13.6. The minimum atomic E-state index is -0.490. The Morgan fingerprint density at radius 3 is 2.48 bits per heavy atom. The number of halogens is 1. The Labute approximate surface area is 137 Å². The van der Waals surface area contributed by atoms with E-state index in [4.69, 9.17) is 0 Å². The fourth-order valence-electron chi connectivity index (χ4n) is 4.14. The van der Waals surface area contributed by atoms with Crippen LogP contribution in [0.4, 0.5) is 4.39 Å². The van der Waals surface area contributed by atoms with Crippen LogP contribution in [0.15, 0.2) is 24.3 Å². The zero-order chi connectivity index (χ0) is 15.9. The lowest BCUT2D eigenvalue weighted by atomic mass is 9.63. The molecule has 3 fully saturated rings. The Bertz CT molecular complexity index is 587. The molecule has 1 aromatic carbocycles. The molecule has 1 amide bonds. The van der Waals surface area contributed by atoms with E-state index in [2.05, 4.69) is 10.2 Å². The van der Waals surface area contributed by atoms with Crippen LogP contribution in [-0.4, -0.2) is 36.0 Å². The summed E-state index contributed by atoms with van der Waals surface area (Å²) in [6.45, 7) is 2.20. The number of carbonyl (C=O) groups is 1. The van der Waals surface area contributed by atoms with Gasteiger partial charge in [0.2, 0.25) is 5.91 Å². The monoisotopic (exact) mass is 316 g/mol. The summed E-state index contributed by atoms with van der Waals surface area (Å²) in [6, 6.07) is 7.69. The molecule has 3 nitrogen and oxygen atoms in total. The average molecular weight is 316 g/mol. The minimum Gasteiger partial charge on any atom is -0.353 e. The molecule has 0 spiro atoms. The quantitative estimate of drug-likeness (QED) is 0.926. The molecule has 0 radical (unpaired) electrons. The summed E-state index contributed by atoms with van der Waals surface area (Å²) in [5.41, 5.74) is 0.354. The van der Waals surface area contributed by atoms with E-state index in [1.165, 1.54) is 25.0 Å². The topological polar surface area (TPSA) is 32.3 Å². The van der Waals surface area contributed by atoms with Gasteiger partial charge in [-0.05, 0) is 56.2 Å². The number of rotatable bonds is 4. The fourth-order valence-corrected chi connectivity index (χ4v) is 4.14. The third-order valence-corrected chi connectivity index (χ3v) is 5.95. The molecule has 4 rings (SSSR count). The SMILES string of the molecule is O=C(NC1CCN(C2CC2)CC1)C1(c2cccc(F)c2)CCC1. The molecule has 1 N–H and O–H groups in total. The number of hydrogen-bond donors (Lipinski definition) is 1. The van der Waals surface area contributed by atoms with Gasteiger partial charge in [0.25, 0.3) is 0 Å². The second-order valence-electron chi connectivity index (χ2n) is 7.46. The summed E-state index contributed by atoms with van der Waals surface area (Å²) in [7, 11) is 0. The van der Waals surface area contributed by atoms with Crippen LogP contribution in [0.3, 0.4) is 0 Å². The van der Waals surface area contributed by atoms with Gasteiger partial charge in [-0.3, -0.25) is 4.79 Å². The summed E-state index contributed by atoms with van der Waals surface area (Å²) in [4.78, 5) is 15.5. The van der Waals surface area contributed by atoms with Gasteiger partial charge in [0.05, 0.1) is 5.41 Å². The molecular formula is C19H25FN2O. The van der Waals surface area contributed by atoms with Crippen LogP contribution >= 0.6 is 0 Å². The number of hydrogen-bond acceptors (Lipinski definition) is 2. The van der Waals surface area contributed by atoms with Crippen LogP contribution in [0, 0.1) is 5.82 Å². The van der Waals surface area contributed by atoms with Gasteiger partial charge in [-0.15, -0.1) is 0 Å². The molecule has 2 aliphatic carbocycles. The molecule has 1 aliphatic heterocycles. The van der Waals surface area contributed by atoms with Gasteiger partial charge in [-0.1, -0.05) is 18.6 Å². The lowest BCUT2D eigenvalue weighted by Crippen LogP contribution is -2.54. The normalized spacial score (nSPS) is 24.9. The maximum absolute atomic E-state index is 13.6. The first-order valence-electron chi connectivity index (χ1n) is 8.98. The predicted octanol–water partition coefficient (Wildman–Crippen LogP) is 2.99. The third-order valence-electron chi connectivity index (χ3n) is 5.95. The zero-order valence-electron chi connectivity index (χ0n) is 13.6. The van der Waals surface area contributed by atoms with Gasteiger partial charge < -0.3 is 10.2 Å². The zero-order valence-corrected chi connectivity index (χ0v) is 13.6. The molecule has 0 aromatic heterocycles. The Kier molecular flexibility index (Phi) is 3.88. The predicted molar refractivity (Wildman–Crippen MR) is 87.7 cm³/mol. The van der Waals surface area contributed by atoms with Crippen molar-refractivity contribution in [2.45, 2.75) is 62.4 Å². The summed E-state index contributed by atoms with van der Waals surface area (Å²) in [6.07, 6.45) is 7.50. The van der Waals surface area contributed by atoms with Gasteiger partial charge in [-0.2, -0.15) is 0 Å². The van der Waals surface area contributed by atoms with Crippen LogP contribution in [0.2, 0.25) is 0 Å². The van der Waals surface area contributed by atoms with E-state index >= 15 is 0 Å². The highest BCUT2D eigenvalue weighted by Crippen LogP contribution is 2.44. The molecule has 1 saturated heterocycles. The Morgan fingerprint density at radius 1 is 1.17 bits per heavy atom. The van der Waals surface area contributed by atoms with Crippen molar-refractivity contribution >= 4 is 5.91 Å². The van der Waals surface area contributed by atoms with Gasteiger partial charge in [0.15, 0.2) is 0 Å². The van der Waals surface area contributed by atoms with Crippen molar-refractivity contribution in [3.63, 3.8) is 0 Å². The minimum absolute atomic E-state index is 0.110. The maximum Gasteiger partial charge on any atom is 0.230 e. The Balaban J connectivity index is 1.41. The van der Waals surface area contributed by atoms with Gasteiger partial charge in [0.1, 0.15) is 5.82 Å². The largest absolute Gasteiger partial charge is 0.353 e. The van der Waals surface area contributed by atoms with E-state index in [-0.39, 0.29) is 17.8 Å². The molecule has 4 heteroatoms. The van der Waals surface area contributed by atoms with Crippen LogP contribution in [0.1, 0.15) is 50.5 Å². The molecule has 124 valence electrons. The van der Waals surface area contributed by atoms with E-state index < -0.39 is 5.41 Å². The first-order chi connectivity index (χ1) is 11.2. The van der Waals surface area contributed by atoms with Crippen molar-refractivity contribution in [1.29, 1.82) is 0 Å². The van der Waals surface area contributed by atoms with E-state index in [1.807, 2.05) is 6.07 Å². The molecule has 2 saturated carbocycles. The van der Waals surface area contributed by atoms with E-state index in [9.17, 15) is 9.18 Å². The molecule has 1 aromatic rings. The summed E-state index contributed by atoms with van der Waals surface area (Å²) >= 11 is 0. The number of nitrogens with zero attached hydrogens (tertiary/aromatic N) is 1. The average Bonchev–Trinajstić information content (AvgIpc) is 3.32. The van der Waals surface area contributed by atoms with E-state index in [0.717, 1.165) is 56.8 Å². The molecule has 23 heavy (non-hydrogen) atoms. The van der Waals surface area contributed by atoms with Crippen LogP contribution < -0.4 is 5.32 Å². The number of piperidine rings is 1. The molecule has 1 heterocycles. The van der Waals surface area contributed by atoms with Crippen LogP contribution in [-0.2, 0) is 10.2 Å². The van der Waals surface area contributed by atoms with Crippen molar-refractivity contribution in [3.8, 4) is 0 Å². The summed E-state index contributed by atoms with van der Waals surface area (Å²) < 4.78 is 13.6. The number of amides is 1. The molecule has 0 unspecified atom stereocenters. The lowest BCUT2D eigenvalue weighted by molar-refractivity contribution is -0.131. The molecule has 3 aliphatic rings. The van der Waals surface area contributed by atoms with Crippen molar-refractivity contribution in [3.05, 3.63) is 35.6 Å². The van der Waals surface area contributed by atoms with Crippen molar-refractivity contribution < 1.29 is 9.18 Å². The number of likely N-dealkylation sites (tertiary alicyclic amines) is 1. The number of nitrogens with one attached hydrogen (secondary N) is 1. The van der Waals surface area contributed by atoms with Gasteiger partial charge >= 0.3 is 0 Å². The molecule has 0 atom stereocenters. The highest BCUT2D eigenvalue weighted by atomic mass is 19.1. The lowest BCUT2D eigenvalue weighted by Gasteiger charge is -2.42.